The number of nitrogens with one attached hydrogen (secondary N) is 2. The van der Waals surface area contributed by atoms with Crippen LogP contribution in [-0.4, -0.2) is 26.5 Å². The van der Waals surface area contributed by atoms with Crippen LogP contribution in [0.1, 0.15) is 22.0 Å². The molecule has 0 radical (unpaired) electrons. The molecular formula is C23H25N2O2+. The van der Waals surface area contributed by atoms with Gasteiger partial charge in [-0.05, 0) is 30.3 Å². The molecule has 138 valence electrons. The van der Waals surface area contributed by atoms with Gasteiger partial charge in [0.25, 0.3) is 5.91 Å². The van der Waals surface area contributed by atoms with Crippen LogP contribution >= 0.6 is 0 Å². The number of carbonyl (C=O) groups excluding carboxylic acids is 1. The third-order valence-electron chi connectivity index (χ3n) is 4.44. The van der Waals surface area contributed by atoms with Gasteiger partial charge in [-0.25, -0.2) is 0 Å². The summed E-state index contributed by atoms with van der Waals surface area (Å²) in [6.45, 7) is 0.564. The molecule has 0 aromatic heterocycles. The van der Waals surface area contributed by atoms with E-state index in [0.717, 1.165) is 5.75 Å². The molecule has 0 saturated carbocycles. The van der Waals surface area contributed by atoms with Crippen molar-refractivity contribution in [1.29, 1.82) is 0 Å². The Hall–Kier alpha value is -3.11. The van der Waals surface area contributed by atoms with Gasteiger partial charge in [-0.15, -0.1) is 0 Å². The van der Waals surface area contributed by atoms with Gasteiger partial charge in [0, 0.05) is 11.1 Å². The molecule has 3 aromatic rings. The number of hydrogen-bond acceptors (Lipinski definition) is 2. The van der Waals surface area contributed by atoms with Crippen LogP contribution in [-0.2, 0) is 0 Å². The van der Waals surface area contributed by atoms with Gasteiger partial charge in [-0.1, -0.05) is 54.6 Å². The topological polar surface area (TPSA) is 42.8 Å². The van der Waals surface area contributed by atoms with Crippen molar-refractivity contribution in [2.45, 2.75) is 6.04 Å². The van der Waals surface area contributed by atoms with E-state index in [9.17, 15) is 4.79 Å². The van der Waals surface area contributed by atoms with E-state index in [-0.39, 0.29) is 11.9 Å². The van der Waals surface area contributed by atoms with Gasteiger partial charge >= 0.3 is 0 Å². The zero-order chi connectivity index (χ0) is 19.1. The first-order chi connectivity index (χ1) is 13.1. The summed E-state index contributed by atoms with van der Waals surface area (Å²) in [5.74, 6) is 1.29. The average molecular weight is 361 g/mol. The lowest BCUT2D eigenvalue weighted by atomic mass is 10.1. The molecule has 0 heterocycles. The van der Waals surface area contributed by atoms with Crippen molar-refractivity contribution in [2.75, 3.05) is 20.6 Å². The molecule has 0 fully saturated rings. The Morgan fingerprint density at radius 2 is 1.52 bits per heavy atom. The highest BCUT2D eigenvalue weighted by Gasteiger charge is 2.19. The number of para-hydroxylation sites is 1. The first kappa shape index (κ1) is 18.7. The predicted molar refractivity (Wildman–Crippen MR) is 107 cm³/mol. The minimum atomic E-state index is -0.101. The highest BCUT2D eigenvalue weighted by molar-refractivity contribution is 5.94. The molecule has 0 aliphatic heterocycles. The van der Waals surface area contributed by atoms with E-state index in [2.05, 4.69) is 31.5 Å². The van der Waals surface area contributed by atoms with E-state index in [4.69, 9.17) is 4.74 Å². The van der Waals surface area contributed by atoms with Gasteiger partial charge < -0.3 is 15.0 Å². The third kappa shape index (κ3) is 5.19. The van der Waals surface area contributed by atoms with Crippen LogP contribution < -0.4 is 15.0 Å². The standard InChI is InChI=1S/C23H24N2O2/c1-25(2)22(18-10-5-3-6-11-18)17-24-23(26)19-12-9-15-21(16-19)27-20-13-7-4-8-14-20/h3-16,22H,17H2,1-2H3,(H,24,26)/p+1/t22-/m1/s1. The Kier molecular flexibility index (Phi) is 6.23. The molecule has 4 heteroatoms. The third-order valence-corrected chi connectivity index (χ3v) is 4.44. The summed E-state index contributed by atoms with van der Waals surface area (Å²) in [6, 6.07) is 27.2. The van der Waals surface area contributed by atoms with E-state index in [0.29, 0.717) is 17.9 Å². The van der Waals surface area contributed by atoms with Crippen LogP contribution in [0.15, 0.2) is 84.9 Å². The summed E-state index contributed by atoms with van der Waals surface area (Å²) < 4.78 is 5.82. The van der Waals surface area contributed by atoms with E-state index in [1.165, 1.54) is 10.5 Å². The summed E-state index contributed by atoms with van der Waals surface area (Å²) in [7, 11) is 4.19. The molecule has 1 atom stereocenters. The van der Waals surface area contributed by atoms with E-state index < -0.39 is 0 Å². The summed E-state index contributed by atoms with van der Waals surface area (Å²) in [5, 5.41) is 3.05. The number of hydrogen-bond donors (Lipinski definition) is 2. The highest BCUT2D eigenvalue weighted by Crippen LogP contribution is 2.21. The second-order valence-corrected chi connectivity index (χ2v) is 6.69. The van der Waals surface area contributed by atoms with Crippen LogP contribution in [0.2, 0.25) is 0 Å². The van der Waals surface area contributed by atoms with Gasteiger partial charge in [-0.2, -0.15) is 0 Å². The minimum absolute atomic E-state index is 0.101. The second kappa shape index (κ2) is 9.01. The lowest BCUT2D eigenvalue weighted by Gasteiger charge is -2.22. The van der Waals surface area contributed by atoms with Gasteiger partial charge in [0.1, 0.15) is 17.5 Å². The normalized spacial score (nSPS) is 11.8. The first-order valence-electron chi connectivity index (χ1n) is 9.09. The van der Waals surface area contributed by atoms with Gasteiger partial charge in [-0.3, -0.25) is 4.79 Å². The minimum Gasteiger partial charge on any atom is -0.457 e. The van der Waals surface area contributed by atoms with Crippen molar-refractivity contribution in [3.63, 3.8) is 0 Å². The van der Waals surface area contributed by atoms with Crippen LogP contribution in [0.3, 0.4) is 0 Å². The molecule has 0 spiro atoms. The molecule has 3 aromatic carbocycles. The van der Waals surface area contributed by atoms with E-state index >= 15 is 0 Å². The number of amides is 1. The maximum atomic E-state index is 12.6. The Labute approximate surface area is 160 Å². The molecule has 0 unspecified atom stereocenters. The molecule has 1 amide bonds. The van der Waals surface area contributed by atoms with Crippen molar-refractivity contribution in [2.24, 2.45) is 0 Å². The van der Waals surface area contributed by atoms with E-state index in [1.807, 2.05) is 60.7 Å². The quantitative estimate of drug-likeness (QED) is 0.679. The SMILES string of the molecule is C[NH+](C)[C@H](CNC(=O)c1cccc(Oc2ccccc2)c1)c1ccccc1. The number of rotatable bonds is 7. The summed E-state index contributed by atoms with van der Waals surface area (Å²) >= 11 is 0. The van der Waals surface area contributed by atoms with E-state index in [1.54, 1.807) is 12.1 Å². The lowest BCUT2D eigenvalue weighted by Crippen LogP contribution is -3.07. The first-order valence-corrected chi connectivity index (χ1v) is 9.09. The van der Waals surface area contributed by atoms with Gasteiger partial charge in [0.05, 0.1) is 20.6 Å². The molecule has 27 heavy (non-hydrogen) atoms. The maximum absolute atomic E-state index is 12.6. The number of ether oxygens (including phenoxy) is 1. The number of likely N-dealkylation sites (N-methyl/N-ethyl adjacent to an activating group) is 1. The Morgan fingerprint density at radius 3 is 2.19 bits per heavy atom. The fourth-order valence-electron chi connectivity index (χ4n) is 2.96. The summed E-state index contributed by atoms with van der Waals surface area (Å²) in [5.41, 5.74) is 1.79. The van der Waals surface area contributed by atoms with Crippen LogP contribution in [0, 0.1) is 0 Å². The summed E-state index contributed by atoms with van der Waals surface area (Å²) in [6.07, 6.45) is 0. The molecular weight excluding hydrogens is 336 g/mol. The van der Waals surface area contributed by atoms with Crippen molar-refractivity contribution < 1.29 is 14.4 Å². The smallest absolute Gasteiger partial charge is 0.251 e. The zero-order valence-electron chi connectivity index (χ0n) is 15.7. The summed E-state index contributed by atoms with van der Waals surface area (Å²) in [4.78, 5) is 13.9. The number of carbonyl (C=O) groups is 1. The number of benzene rings is 3. The molecule has 0 aliphatic carbocycles. The highest BCUT2D eigenvalue weighted by atomic mass is 16.5. The largest absolute Gasteiger partial charge is 0.457 e. The van der Waals surface area contributed by atoms with Crippen LogP contribution in [0.4, 0.5) is 0 Å². The molecule has 3 rings (SSSR count). The van der Waals surface area contributed by atoms with Crippen LogP contribution in [0.25, 0.3) is 0 Å². The van der Waals surface area contributed by atoms with Crippen molar-refractivity contribution in [3.05, 3.63) is 96.1 Å². The van der Waals surface area contributed by atoms with Crippen molar-refractivity contribution in [1.82, 2.24) is 5.32 Å². The lowest BCUT2D eigenvalue weighted by molar-refractivity contribution is -0.890. The number of quaternary nitrogens is 1. The Bertz CT molecular complexity index is 864. The van der Waals surface area contributed by atoms with Gasteiger partial charge in [0.2, 0.25) is 0 Å². The maximum Gasteiger partial charge on any atom is 0.251 e. The fourth-order valence-corrected chi connectivity index (χ4v) is 2.96. The Morgan fingerprint density at radius 1 is 0.889 bits per heavy atom. The predicted octanol–water partition coefficient (Wildman–Crippen LogP) is 3.09. The Balaban J connectivity index is 1.66. The molecule has 4 nitrogen and oxygen atoms in total. The fraction of sp³-hybridized carbons (Fsp3) is 0.174. The molecule has 0 saturated heterocycles. The van der Waals surface area contributed by atoms with Crippen molar-refractivity contribution >= 4 is 5.91 Å². The zero-order valence-corrected chi connectivity index (χ0v) is 15.7. The van der Waals surface area contributed by atoms with Crippen LogP contribution in [0.5, 0.6) is 11.5 Å². The monoisotopic (exact) mass is 361 g/mol. The van der Waals surface area contributed by atoms with Gasteiger partial charge in [0.15, 0.2) is 0 Å². The average Bonchev–Trinajstić information content (AvgIpc) is 2.69. The molecule has 0 bridgehead atoms. The van der Waals surface area contributed by atoms with Crippen molar-refractivity contribution in [3.8, 4) is 11.5 Å². The second-order valence-electron chi connectivity index (χ2n) is 6.69. The molecule has 2 N–H and O–H groups in total. The molecule has 0 aliphatic rings.